The van der Waals surface area contributed by atoms with Crippen molar-refractivity contribution in [1.29, 1.82) is 0 Å². The van der Waals surface area contributed by atoms with Crippen LogP contribution in [-0.4, -0.2) is 26.0 Å². The van der Waals surface area contributed by atoms with E-state index >= 15 is 0 Å². The molecule has 1 heterocycles. The van der Waals surface area contributed by atoms with Crippen LogP contribution in [0.5, 0.6) is 0 Å². The maximum absolute atomic E-state index is 4.49. The maximum atomic E-state index is 4.49. The number of aliphatic imine (C=N–C) groups is 1. The van der Waals surface area contributed by atoms with Crippen molar-refractivity contribution in [2.24, 2.45) is 4.99 Å². The molecule has 0 unspecified atom stereocenters. The first-order valence-corrected chi connectivity index (χ1v) is 6.70. The predicted molar refractivity (Wildman–Crippen MR) is 78.8 cm³/mol. The molecule has 2 rings (SSSR count). The topological polar surface area (TPSA) is 36.4 Å². The van der Waals surface area contributed by atoms with E-state index in [0.717, 1.165) is 25.3 Å². The Morgan fingerprint density at radius 1 is 1.39 bits per heavy atom. The van der Waals surface area contributed by atoms with E-state index < -0.39 is 0 Å². The van der Waals surface area contributed by atoms with E-state index in [2.05, 4.69) is 48.5 Å². The van der Waals surface area contributed by atoms with Crippen molar-refractivity contribution in [2.45, 2.75) is 33.1 Å². The largest absolute Gasteiger partial charge is 0.388 e. The van der Waals surface area contributed by atoms with Crippen LogP contribution >= 0.6 is 0 Å². The Bertz CT molecular complexity index is 461. The predicted octanol–water partition coefficient (Wildman–Crippen LogP) is 2.70. The molecule has 0 spiro atoms. The van der Waals surface area contributed by atoms with Gasteiger partial charge in [0.15, 0.2) is 0 Å². The second-order valence-corrected chi connectivity index (χ2v) is 5.19. The summed E-state index contributed by atoms with van der Waals surface area (Å²) in [7, 11) is 1.98. The van der Waals surface area contributed by atoms with Crippen LogP contribution in [0.1, 0.15) is 36.5 Å². The molecule has 0 saturated carbocycles. The minimum absolute atomic E-state index is 0.551. The second-order valence-electron chi connectivity index (χ2n) is 5.19. The Labute approximate surface area is 110 Å². The SMILES string of the molecule is CNc1cc(CC2=NCCN2)c(C)c(C(C)C)c1. The molecule has 0 radical (unpaired) electrons. The van der Waals surface area contributed by atoms with Gasteiger partial charge in [-0.3, -0.25) is 4.99 Å². The Hall–Kier alpha value is -1.51. The van der Waals surface area contributed by atoms with Gasteiger partial charge in [-0.05, 0) is 41.7 Å². The summed E-state index contributed by atoms with van der Waals surface area (Å²) >= 11 is 0. The van der Waals surface area contributed by atoms with Gasteiger partial charge in [0, 0.05) is 25.7 Å². The van der Waals surface area contributed by atoms with E-state index in [0.29, 0.717) is 5.92 Å². The zero-order valence-electron chi connectivity index (χ0n) is 11.8. The van der Waals surface area contributed by atoms with Crippen LogP contribution < -0.4 is 10.6 Å². The second kappa shape index (κ2) is 5.42. The fraction of sp³-hybridized carbons (Fsp3) is 0.533. The molecule has 0 bridgehead atoms. The molecule has 3 nitrogen and oxygen atoms in total. The molecule has 98 valence electrons. The lowest BCUT2D eigenvalue weighted by Crippen LogP contribution is -2.21. The number of hydrogen-bond donors (Lipinski definition) is 2. The van der Waals surface area contributed by atoms with Crippen molar-refractivity contribution in [3.05, 3.63) is 28.8 Å². The van der Waals surface area contributed by atoms with Crippen molar-refractivity contribution in [3.63, 3.8) is 0 Å². The van der Waals surface area contributed by atoms with E-state index in [1.54, 1.807) is 0 Å². The van der Waals surface area contributed by atoms with Crippen molar-refractivity contribution in [2.75, 3.05) is 25.5 Å². The minimum atomic E-state index is 0.551. The molecule has 3 heteroatoms. The number of rotatable bonds is 4. The normalized spacial score (nSPS) is 14.6. The van der Waals surface area contributed by atoms with Crippen molar-refractivity contribution in [1.82, 2.24) is 5.32 Å². The molecule has 1 aliphatic heterocycles. The third-order valence-electron chi connectivity index (χ3n) is 3.57. The minimum Gasteiger partial charge on any atom is -0.388 e. The van der Waals surface area contributed by atoms with Gasteiger partial charge >= 0.3 is 0 Å². The summed E-state index contributed by atoms with van der Waals surface area (Å²) in [4.78, 5) is 4.49. The zero-order valence-corrected chi connectivity index (χ0v) is 11.8. The van der Waals surface area contributed by atoms with Gasteiger partial charge in [0.25, 0.3) is 0 Å². The van der Waals surface area contributed by atoms with E-state index in [1.165, 1.54) is 22.4 Å². The summed E-state index contributed by atoms with van der Waals surface area (Å²) in [5.74, 6) is 1.68. The summed E-state index contributed by atoms with van der Waals surface area (Å²) in [6.07, 6.45) is 0.918. The summed E-state index contributed by atoms with van der Waals surface area (Å²) in [6, 6.07) is 4.50. The number of amidine groups is 1. The van der Waals surface area contributed by atoms with Crippen LogP contribution in [0, 0.1) is 6.92 Å². The van der Waals surface area contributed by atoms with Gasteiger partial charge in [-0.15, -0.1) is 0 Å². The third kappa shape index (κ3) is 2.66. The van der Waals surface area contributed by atoms with E-state index in [4.69, 9.17) is 0 Å². The van der Waals surface area contributed by atoms with Crippen molar-refractivity contribution >= 4 is 11.5 Å². The standard InChI is InChI=1S/C15H23N3/c1-10(2)14-9-13(16-4)7-12(11(14)3)8-15-17-5-6-18-15/h7,9-10,16H,5-6,8H2,1-4H3,(H,17,18). The quantitative estimate of drug-likeness (QED) is 0.855. The van der Waals surface area contributed by atoms with Gasteiger partial charge in [-0.25, -0.2) is 0 Å². The maximum Gasteiger partial charge on any atom is 0.101 e. The molecule has 1 aliphatic rings. The third-order valence-corrected chi connectivity index (χ3v) is 3.57. The lowest BCUT2D eigenvalue weighted by Gasteiger charge is -2.17. The highest BCUT2D eigenvalue weighted by Gasteiger charge is 2.13. The fourth-order valence-corrected chi connectivity index (χ4v) is 2.47. The summed E-state index contributed by atoms with van der Waals surface area (Å²) in [5.41, 5.74) is 5.40. The molecule has 1 aromatic rings. The first-order chi connectivity index (χ1) is 8.61. The Balaban J connectivity index is 2.35. The molecule has 1 aromatic carbocycles. The van der Waals surface area contributed by atoms with Crippen LogP contribution in [0.2, 0.25) is 0 Å². The fourth-order valence-electron chi connectivity index (χ4n) is 2.47. The van der Waals surface area contributed by atoms with Crippen molar-refractivity contribution < 1.29 is 0 Å². The number of benzene rings is 1. The van der Waals surface area contributed by atoms with Crippen LogP contribution in [0.15, 0.2) is 17.1 Å². The van der Waals surface area contributed by atoms with E-state index in [1.807, 2.05) is 7.05 Å². The molecule has 0 saturated heterocycles. The van der Waals surface area contributed by atoms with Crippen LogP contribution in [-0.2, 0) is 6.42 Å². The Morgan fingerprint density at radius 3 is 2.72 bits per heavy atom. The van der Waals surface area contributed by atoms with E-state index in [9.17, 15) is 0 Å². The molecule has 2 N–H and O–H groups in total. The molecular weight excluding hydrogens is 222 g/mol. The number of nitrogens with one attached hydrogen (secondary N) is 2. The molecule has 0 amide bonds. The summed E-state index contributed by atoms with van der Waals surface area (Å²) < 4.78 is 0. The first-order valence-electron chi connectivity index (χ1n) is 6.70. The molecule has 0 aliphatic carbocycles. The molecular formula is C15H23N3. The monoisotopic (exact) mass is 245 g/mol. The van der Waals surface area contributed by atoms with Gasteiger partial charge < -0.3 is 10.6 Å². The van der Waals surface area contributed by atoms with Gasteiger partial charge in [0.2, 0.25) is 0 Å². The lowest BCUT2D eigenvalue weighted by atomic mass is 9.92. The highest BCUT2D eigenvalue weighted by Crippen LogP contribution is 2.27. The highest BCUT2D eigenvalue weighted by molar-refractivity contribution is 5.86. The average Bonchev–Trinajstić information content (AvgIpc) is 2.84. The number of anilines is 1. The Kier molecular flexibility index (Phi) is 3.90. The van der Waals surface area contributed by atoms with Crippen LogP contribution in [0.3, 0.4) is 0 Å². The van der Waals surface area contributed by atoms with Crippen LogP contribution in [0.4, 0.5) is 5.69 Å². The van der Waals surface area contributed by atoms with Gasteiger partial charge in [0.1, 0.15) is 5.84 Å². The number of hydrogen-bond acceptors (Lipinski definition) is 3. The zero-order chi connectivity index (χ0) is 13.1. The Morgan fingerprint density at radius 2 is 2.17 bits per heavy atom. The average molecular weight is 245 g/mol. The molecule has 0 atom stereocenters. The van der Waals surface area contributed by atoms with Crippen molar-refractivity contribution in [3.8, 4) is 0 Å². The van der Waals surface area contributed by atoms with Gasteiger partial charge in [-0.2, -0.15) is 0 Å². The summed E-state index contributed by atoms with van der Waals surface area (Å²) in [6.45, 7) is 8.61. The van der Waals surface area contributed by atoms with E-state index in [-0.39, 0.29) is 0 Å². The highest BCUT2D eigenvalue weighted by atomic mass is 15.1. The molecule has 0 fully saturated rings. The van der Waals surface area contributed by atoms with Gasteiger partial charge in [-0.1, -0.05) is 13.8 Å². The summed E-state index contributed by atoms with van der Waals surface area (Å²) in [5, 5.41) is 6.60. The van der Waals surface area contributed by atoms with Crippen LogP contribution in [0.25, 0.3) is 0 Å². The lowest BCUT2D eigenvalue weighted by molar-refractivity contribution is 0.852. The molecule has 0 aromatic heterocycles. The number of nitrogens with zero attached hydrogens (tertiary/aromatic N) is 1. The molecule has 18 heavy (non-hydrogen) atoms. The first kappa shape index (κ1) is 12.9. The van der Waals surface area contributed by atoms with Gasteiger partial charge in [0.05, 0.1) is 6.54 Å². The smallest absolute Gasteiger partial charge is 0.101 e.